The number of phenolic OH excluding ortho intramolecular Hbond substituents is 1. The number of halogens is 3. The lowest BCUT2D eigenvalue weighted by Gasteiger charge is -2.14. The summed E-state index contributed by atoms with van der Waals surface area (Å²) in [5.41, 5.74) is 0.968. The summed E-state index contributed by atoms with van der Waals surface area (Å²) in [6, 6.07) is 8.85. The summed E-state index contributed by atoms with van der Waals surface area (Å²) in [4.78, 5) is 11.8. The summed E-state index contributed by atoms with van der Waals surface area (Å²) >= 11 is 0. The summed E-state index contributed by atoms with van der Waals surface area (Å²) in [6.07, 6.45) is -3.16. The molecule has 5 nitrogen and oxygen atoms in total. The van der Waals surface area contributed by atoms with Gasteiger partial charge in [-0.05, 0) is 49.2 Å². The van der Waals surface area contributed by atoms with E-state index < -0.39 is 11.9 Å². The van der Waals surface area contributed by atoms with E-state index in [0.717, 1.165) is 6.07 Å². The van der Waals surface area contributed by atoms with E-state index in [-0.39, 0.29) is 23.1 Å². The molecule has 0 fully saturated rings. The molecular formula is C18H15F3N4O. The Hall–Kier alpha value is -3.16. The number of nitrogens with zero attached hydrogens (tertiary/aromatic N) is 3. The third-order valence-electron chi connectivity index (χ3n) is 3.72. The smallest absolute Gasteiger partial charge is 0.433 e. The number of nitrogens with one attached hydrogen (secondary N) is 1. The predicted octanol–water partition coefficient (Wildman–Crippen LogP) is 4.62. The second-order valence-electron chi connectivity index (χ2n) is 5.75. The molecule has 2 aromatic heterocycles. The summed E-state index contributed by atoms with van der Waals surface area (Å²) in [7, 11) is 0. The van der Waals surface area contributed by atoms with Crippen LogP contribution in [-0.4, -0.2) is 20.1 Å². The van der Waals surface area contributed by atoms with Crippen LogP contribution in [0.2, 0.25) is 0 Å². The number of aromatic hydroxyl groups is 1. The van der Waals surface area contributed by atoms with E-state index in [1.54, 1.807) is 32.0 Å². The number of alkyl halides is 3. The van der Waals surface area contributed by atoms with Crippen molar-refractivity contribution in [1.29, 1.82) is 0 Å². The fourth-order valence-corrected chi connectivity index (χ4v) is 2.34. The van der Waals surface area contributed by atoms with Crippen molar-refractivity contribution in [2.24, 2.45) is 0 Å². The molecule has 0 saturated heterocycles. The van der Waals surface area contributed by atoms with Crippen molar-refractivity contribution < 1.29 is 18.3 Å². The van der Waals surface area contributed by atoms with Crippen molar-refractivity contribution in [2.75, 3.05) is 5.32 Å². The Morgan fingerprint density at radius 3 is 2.42 bits per heavy atom. The molecule has 0 aliphatic heterocycles. The van der Waals surface area contributed by atoms with Crippen LogP contribution in [0.25, 0.3) is 11.5 Å². The highest BCUT2D eigenvalue weighted by molar-refractivity contribution is 5.65. The number of hydrogen-bond donors (Lipinski definition) is 2. The van der Waals surface area contributed by atoms with Crippen LogP contribution in [0, 0.1) is 13.8 Å². The van der Waals surface area contributed by atoms with E-state index in [0.29, 0.717) is 16.8 Å². The largest absolute Gasteiger partial charge is 0.508 e. The first kappa shape index (κ1) is 17.7. The summed E-state index contributed by atoms with van der Waals surface area (Å²) in [5, 5.41) is 12.6. The molecular weight excluding hydrogens is 345 g/mol. The molecule has 2 heterocycles. The van der Waals surface area contributed by atoms with Crippen LogP contribution in [-0.2, 0) is 6.18 Å². The van der Waals surface area contributed by atoms with Crippen LogP contribution in [0.4, 0.5) is 24.7 Å². The SMILES string of the molecule is Cc1cc(Nc2cc(C(F)(F)F)nc(-c3ccccn3)n2)c(C)cc1O. The lowest BCUT2D eigenvalue weighted by atomic mass is 10.1. The average molecular weight is 360 g/mol. The molecule has 134 valence electrons. The third kappa shape index (κ3) is 3.74. The van der Waals surface area contributed by atoms with Gasteiger partial charge in [0.2, 0.25) is 0 Å². The van der Waals surface area contributed by atoms with Gasteiger partial charge < -0.3 is 10.4 Å². The molecule has 0 aliphatic carbocycles. The topological polar surface area (TPSA) is 70.9 Å². The Labute approximate surface area is 147 Å². The quantitative estimate of drug-likeness (QED) is 0.667. The molecule has 0 aliphatic rings. The van der Waals surface area contributed by atoms with Crippen LogP contribution in [0.1, 0.15) is 16.8 Å². The minimum absolute atomic E-state index is 0.0128. The van der Waals surface area contributed by atoms with Crippen LogP contribution in [0.15, 0.2) is 42.6 Å². The molecule has 0 saturated carbocycles. The molecule has 1 aromatic carbocycles. The van der Waals surface area contributed by atoms with Crippen molar-refractivity contribution in [1.82, 2.24) is 15.0 Å². The molecule has 3 rings (SSSR count). The molecule has 3 aromatic rings. The maximum absolute atomic E-state index is 13.2. The second kappa shape index (κ2) is 6.62. The number of benzene rings is 1. The first-order chi connectivity index (χ1) is 12.2. The zero-order chi connectivity index (χ0) is 18.9. The van der Waals surface area contributed by atoms with Gasteiger partial charge >= 0.3 is 6.18 Å². The van der Waals surface area contributed by atoms with E-state index in [4.69, 9.17) is 0 Å². The van der Waals surface area contributed by atoms with Gasteiger partial charge in [0.1, 0.15) is 17.3 Å². The number of anilines is 2. The molecule has 0 bridgehead atoms. The van der Waals surface area contributed by atoms with Gasteiger partial charge in [-0.25, -0.2) is 9.97 Å². The standard InChI is InChI=1S/C18H15F3N4O/c1-10-8-14(26)11(2)7-13(10)23-16-9-15(18(19,20)21)24-17(25-16)12-5-3-4-6-22-12/h3-9,26H,1-2H3,(H,23,24,25). The number of hydrogen-bond acceptors (Lipinski definition) is 5. The van der Waals surface area contributed by atoms with Gasteiger partial charge in [-0.3, -0.25) is 4.98 Å². The van der Waals surface area contributed by atoms with E-state index in [2.05, 4.69) is 20.3 Å². The van der Waals surface area contributed by atoms with Crippen molar-refractivity contribution >= 4 is 11.5 Å². The third-order valence-corrected chi connectivity index (χ3v) is 3.72. The van der Waals surface area contributed by atoms with Crippen molar-refractivity contribution in [3.8, 4) is 17.3 Å². The molecule has 26 heavy (non-hydrogen) atoms. The molecule has 2 N–H and O–H groups in total. The monoisotopic (exact) mass is 360 g/mol. The molecule has 0 spiro atoms. The predicted molar refractivity (Wildman–Crippen MR) is 91.1 cm³/mol. The number of aromatic nitrogens is 3. The maximum atomic E-state index is 13.2. The van der Waals surface area contributed by atoms with Gasteiger partial charge in [0, 0.05) is 18.0 Å². The lowest BCUT2D eigenvalue weighted by molar-refractivity contribution is -0.141. The van der Waals surface area contributed by atoms with Gasteiger partial charge in [-0.1, -0.05) is 6.07 Å². The summed E-state index contributed by atoms with van der Waals surface area (Å²) < 4.78 is 39.7. The Morgan fingerprint density at radius 2 is 1.77 bits per heavy atom. The minimum Gasteiger partial charge on any atom is -0.508 e. The Bertz CT molecular complexity index is 943. The molecule has 0 atom stereocenters. The summed E-state index contributed by atoms with van der Waals surface area (Å²) in [5.74, 6) is -0.0295. The number of rotatable bonds is 3. The van der Waals surface area contributed by atoms with Gasteiger partial charge in [-0.15, -0.1) is 0 Å². The van der Waals surface area contributed by atoms with E-state index in [1.807, 2.05) is 0 Å². The van der Waals surface area contributed by atoms with Crippen molar-refractivity contribution in [3.63, 3.8) is 0 Å². The first-order valence-corrected chi connectivity index (χ1v) is 7.69. The number of aryl methyl sites for hydroxylation is 2. The Kier molecular flexibility index (Phi) is 4.50. The second-order valence-corrected chi connectivity index (χ2v) is 5.75. The first-order valence-electron chi connectivity index (χ1n) is 7.69. The van der Waals surface area contributed by atoms with Gasteiger partial charge in [-0.2, -0.15) is 13.2 Å². The molecule has 0 amide bonds. The number of pyridine rings is 1. The van der Waals surface area contributed by atoms with Crippen LogP contribution < -0.4 is 5.32 Å². The van der Waals surface area contributed by atoms with E-state index in [1.165, 1.54) is 18.3 Å². The maximum Gasteiger partial charge on any atom is 0.433 e. The molecule has 8 heteroatoms. The lowest BCUT2D eigenvalue weighted by Crippen LogP contribution is -2.11. The highest BCUT2D eigenvalue weighted by atomic mass is 19.4. The zero-order valence-electron chi connectivity index (χ0n) is 14.0. The van der Waals surface area contributed by atoms with Crippen molar-refractivity contribution in [3.05, 3.63) is 59.4 Å². The Morgan fingerprint density at radius 1 is 1.00 bits per heavy atom. The normalized spacial score (nSPS) is 11.4. The fourth-order valence-electron chi connectivity index (χ4n) is 2.34. The summed E-state index contributed by atoms with van der Waals surface area (Å²) in [6.45, 7) is 3.42. The van der Waals surface area contributed by atoms with Crippen LogP contribution in [0.3, 0.4) is 0 Å². The van der Waals surface area contributed by atoms with Crippen LogP contribution in [0.5, 0.6) is 5.75 Å². The van der Waals surface area contributed by atoms with Gasteiger partial charge in [0.05, 0.1) is 0 Å². The van der Waals surface area contributed by atoms with Gasteiger partial charge in [0.15, 0.2) is 11.5 Å². The minimum atomic E-state index is -4.62. The van der Waals surface area contributed by atoms with Gasteiger partial charge in [0.25, 0.3) is 0 Å². The molecule has 0 radical (unpaired) electrons. The number of phenols is 1. The van der Waals surface area contributed by atoms with Crippen molar-refractivity contribution in [2.45, 2.75) is 20.0 Å². The average Bonchev–Trinajstić information content (AvgIpc) is 2.59. The van der Waals surface area contributed by atoms with Crippen LogP contribution >= 0.6 is 0 Å². The van der Waals surface area contributed by atoms with E-state index >= 15 is 0 Å². The molecule has 0 unspecified atom stereocenters. The fraction of sp³-hybridized carbons (Fsp3) is 0.167. The highest BCUT2D eigenvalue weighted by Gasteiger charge is 2.34. The highest BCUT2D eigenvalue weighted by Crippen LogP contribution is 2.32. The zero-order valence-corrected chi connectivity index (χ0v) is 14.0. The van der Waals surface area contributed by atoms with E-state index in [9.17, 15) is 18.3 Å². The Balaban J connectivity index is 2.08.